The first-order valence-corrected chi connectivity index (χ1v) is 11.0. The van der Waals surface area contributed by atoms with Crippen molar-refractivity contribution in [3.8, 4) is 0 Å². The van der Waals surface area contributed by atoms with Gasteiger partial charge >= 0.3 is 5.97 Å². The maximum Gasteiger partial charge on any atom is 0.337 e. The van der Waals surface area contributed by atoms with E-state index in [9.17, 15) is 9.59 Å². The van der Waals surface area contributed by atoms with E-state index in [1.807, 2.05) is 55.1 Å². The van der Waals surface area contributed by atoms with Gasteiger partial charge in [-0.1, -0.05) is 60.0 Å². The molecule has 0 aromatic heterocycles. The van der Waals surface area contributed by atoms with Crippen molar-refractivity contribution in [2.24, 2.45) is 4.99 Å². The Labute approximate surface area is 186 Å². The number of nitrogens with zero attached hydrogens (tertiary/aromatic N) is 2. The number of carbonyl (C=O) groups excluding carboxylic acids is 2. The van der Waals surface area contributed by atoms with Crippen LogP contribution in [-0.4, -0.2) is 35.3 Å². The molecule has 0 saturated heterocycles. The van der Waals surface area contributed by atoms with Gasteiger partial charge in [0.15, 0.2) is 0 Å². The SMILES string of the molecule is CCCC[C@H](c1ccc(C(=O)OC)cc1)N1C(=O)C(c2ccc(Br)cc2)=NC1(C)C. The molecule has 3 rings (SSSR count). The van der Waals surface area contributed by atoms with Crippen LogP contribution in [0.15, 0.2) is 58.0 Å². The van der Waals surface area contributed by atoms with Gasteiger partial charge in [-0.2, -0.15) is 0 Å². The summed E-state index contributed by atoms with van der Waals surface area (Å²) in [4.78, 5) is 32.0. The number of methoxy groups -OCH3 is 1. The number of halogens is 1. The molecule has 0 spiro atoms. The lowest BCUT2D eigenvalue weighted by Gasteiger charge is -2.37. The molecule has 0 N–H and O–H groups in total. The van der Waals surface area contributed by atoms with Crippen molar-refractivity contribution < 1.29 is 14.3 Å². The quantitative estimate of drug-likeness (QED) is 0.499. The lowest BCUT2D eigenvalue weighted by molar-refractivity contribution is -0.130. The Morgan fingerprint density at radius 3 is 2.33 bits per heavy atom. The molecule has 5 nitrogen and oxygen atoms in total. The van der Waals surface area contributed by atoms with Crippen LogP contribution in [0.3, 0.4) is 0 Å². The summed E-state index contributed by atoms with van der Waals surface area (Å²) in [6.45, 7) is 6.08. The monoisotopic (exact) mass is 470 g/mol. The van der Waals surface area contributed by atoms with Gasteiger partial charge in [-0.05, 0) is 50.1 Å². The molecule has 1 heterocycles. The molecule has 0 saturated carbocycles. The minimum atomic E-state index is -0.668. The van der Waals surface area contributed by atoms with Gasteiger partial charge in [0.05, 0.1) is 18.7 Å². The Morgan fingerprint density at radius 1 is 1.13 bits per heavy atom. The highest BCUT2D eigenvalue weighted by atomic mass is 79.9. The fraction of sp³-hybridized carbons (Fsp3) is 0.375. The average Bonchev–Trinajstić information content (AvgIpc) is 2.98. The van der Waals surface area contributed by atoms with E-state index < -0.39 is 5.66 Å². The number of aliphatic imine (C=N–C) groups is 1. The molecule has 0 unspecified atom stereocenters. The Hall–Kier alpha value is -2.47. The van der Waals surface area contributed by atoms with Crippen LogP contribution in [-0.2, 0) is 9.53 Å². The van der Waals surface area contributed by atoms with Crippen molar-refractivity contribution >= 4 is 33.5 Å². The van der Waals surface area contributed by atoms with Crippen LogP contribution in [0.4, 0.5) is 0 Å². The summed E-state index contributed by atoms with van der Waals surface area (Å²) < 4.78 is 5.76. The smallest absolute Gasteiger partial charge is 0.337 e. The minimum absolute atomic E-state index is 0.0690. The van der Waals surface area contributed by atoms with Crippen LogP contribution in [0.5, 0.6) is 0 Å². The predicted molar refractivity (Wildman–Crippen MR) is 122 cm³/mol. The Balaban J connectivity index is 1.96. The fourth-order valence-electron chi connectivity index (χ4n) is 3.86. The Bertz CT molecular complexity index is 949. The van der Waals surface area contributed by atoms with Crippen LogP contribution in [0.1, 0.15) is 67.6 Å². The third kappa shape index (κ3) is 4.48. The summed E-state index contributed by atoms with van der Waals surface area (Å²) in [5, 5.41) is 0. The molecular formula is C24H27BrN2O3. The molecule has 1 aliphatic rings. The van der Waals surface area contributed by atoms with E-state index in [1.54, 1.807) is 12.1 Å². The number of hydrogen-bond acceptors (Lipinski definition) is 4. The number of rotatable bonds is 7. The van der Waals surface area contributed by atoms with Gasteiger partial charge in [-0.3, -0.25) is 9.79 Å². The molecule has 1 aliphatic heterocycles. The first-order valence-electron chi connectivity index (χ1n) is 10.2. The number of amides is 1. The molecule has 1 amide bonds. The normalized spacial score (nSPS) is 16.4. The molecule has 0 radical (unpaired) electrons. The van der Waals surface area contributed by atoms with E-state index in [4.69, 9.17) is 9.73 Å². The zero-order valence-electron chi connectivity index (χ0n) is 17.8. The lowest BCUT2D eigenvalue weighted by atomic mass is 9.96. The van der Waals surface area contributed by atoms with Crippen LogP contribution >= 0.6 is 15.9 Å². The van der Waals surface area contributed by atoms with Crippen molar-refractivity contribution in [3.63, 3.8) is 0 Å². The predicted octanol–water partition coefficient (Wildman–Crippen LogP) is 5.53. The number of unbranched alkanes of at least 4 members (excludes halogenated alkanes) is 1. The number of hydrogen-bond donors (Lipinski definition) is 0. The number of ether oxygens (including phenoxy) is 1. The van der Waals surface area contributed by atoms with Crippen molar-refractivity contribution in [2.75, 3.05) is 7.11 Å². The van der Waals surface area contributed by atoms with Crippen molar-refractivity contribution in [1.29, 1.82) is 0 Å². The summed E-state index contributed by atoms with van der Waals surface area (Å²) in [6.07, 6.45) is 2.84. The summed E-state index contributed by atoms with van der Waals surface area (Å²) in [5.41, 5.74) is 2.12. The van der Waals surface area contributed by atoms with E-state index in [1.165, 1.54) is 7.11 Å². The third-order valence-electron chi connectivity index (χ3n) is 5.37. The Kier molecular flexibility index (Phi) is 6.76. The number of esters is 1. The van der Waals surface area contributed by atoms with Gasteiger partial charge in [-0.25, -0.2) is 4.79 Å². The molecule has 0 bridgehead atoms. The van der Waals surface area contributed by atoms with E-state index in [-0.39, 0.29) is 17.9 Å². The summed E-state index contributed by atoms with van der Waals surface area (Å²) in [5.74, 6) is -0.439. The lowest BCUT2D eigenvalue weighted by Crippen LogP contribution is -2.45. The topological polar surface area (TPSA) is 59.0 Å². The molecule has 158 valence electrons. The van der Waals surface area contributed by atoms with Gasteiger partial charge in [0.1, 0.15) is 11.4 Å². The van der Waals surface area contributed by atoms with Gasteiger partial charge < -0.3 is 9.64 Å². The second-order valence-electron chi connectivity index (χ2n) is 7.91. The Morgan fingerprint density at radius 2 is 1.77 bits per heavy atom. The van der Waals surface area contributed by atoms with Gasteiger partial charge in [-0.15, -0.1) is 0 Å². The highest BCUT2D eigenvalue weighted by Gasteiger charge is 2.44. The van der Waals surface area contributed by atoms with Gasteiger partial charge in [0.2, 0.25) is 0 Å². The molecular weight excluding hydrogens is 444 g/mol. The second-order valence-corrected chi connectivity index (χ2v) is 8.82. The van der Waals surface area contributed by atoms with Crippen molar-refractivity contribution in [1.82, 2.24) is 4.90 Å². The van der Waals surface area contributed by atoms with Crippen LogP contribution in [0.25, 0.3) is 0 Å². The zero-order valence-corrected chi connectivity index (χ0v) is 19.4. The van der Waals surface area contributed by atoms with E-state index in [0.717, 1.165) is 34.9 Å². The third-order valence-corrected chi connectivity index (χ3v) is 5.90. The maximum absolute atomic E-state index is 13.5. The van der Waals surface area contributed by atoms with Crippen LogP contribution in [0.2, 0.25) is 0 Å². The van der Waals surface area contributed by atoms with Crippen molar-refractivity contribution in [2.45, 2.75) is 51.7 Å². The molecule has 2 aromatic carbocycles. The number of benzene rings is 2. The van der Waals surface area contributed by atoms with E-state index in [0.29, 0.717) is 11.3 Å². The van der Waals surface area contributed by atoms with Gasteiger partial charge in [0, 0.05) is 10.0 Å². The van der Waals surface area contributed by atoms with Crippen LogP contribution < -0.4 is 0 Å². The summed E-state index contributed by atoms with van der Waals surface area (Å²) in [6, 6.07) is 14.9. The average molecular weight is 471 g/mol. The van der Waals surface area contributed by atoms with Crippen molar-refractivity contribution in [3.05, 3.63) is 69.7 Å². The molecule has 30 heavy (non-hydrogen) atoms. The zero-order chi connectivity index (χ0) is 21.9. The van der Waals surface area contributed by atoms with Gasteiger partial charge in [0.25, 0.3) is 5.91 Å². The first kappa shape index (κ1) is 22.2. The summed E-state index contributed by atoms with van der Waals surface area (Å²) >= 11 is 3.44. The second kappa shape index (κ2) is 9.13. The largest absolute Gasteiger partial charge is 0.465 e. The van der Waals surface area contributed by atoms with Crippen LogP contribution in [0, 0.1) is 0 Å². The van der Waals surface area contributed by atoms with E-state index >= 15 is 0 Å². The fourth-order valence-corrected chi connectivity index (χ4v) is 4.12. The maximum atomic E-state index is 13.5. The molecule has 2 aromatic rings. The van der Waals surface area contributed by atoms with E-state index in [2.05, 4.69) is 22.9 Å². The number of carbonyl (C=O) groups is 2. The molecule has 6 heteroatoms. The molecule has 0 aliphatic carbocycles. The standard InChI is InChI=1S/C24H27BrN2O3/c1-5-6-7-20(16-8-10-18(11-9-16)23(29)30-4)27-22(28)21(26-24(27,2)3)17-12-14-19(25)15-13-17/h8-15,20H,5-7H2,1-4H3/t20-/m1/s1. The highest BCUT2D eigenvalue weighted by molar-refractivity contribution is 9.10. The summed E-state index contributed by atoms with van der Waals surface area (Å²) in [7, 11) is 1.37. The first-order chi connectivity index (χ1) is 14.3. The molecule has 0 fully saturated rings. The molecule has 1 atom stereocenters. The highest BCUT2D eigenvalue weighted by Crippen LogP contribution is 2.38. The minimum Gasteiger partial charge on any atom is -0.465 e.